The van der Waals surface area contributed by atoms with Crippen LogP contribution >= 0.6 is 11.6 Å². The van der Waals surface area contributed by atoms with Gasteiger partial charge in [-0.2, -0.15) is 0 Å². The van der Waals surface area contributed by atoms with Gasteiger partial charge in [-0.25, -0.2) is 15.0 Å². The molecule has 0 aliphatic carbocycles. The Morgan fingerprint density at radius 3 is 2.43 bits per heavy atom. The average molecular weight is 298 g/mol. The van der Waals surface area contributed by atoms with E-state index in [2.05, 4.69) is 15.0 Å². The van der Waals surface area contributed by atoms with E-state index in [-0.39, 0.29) is 0 Å². The minimum Gasteiger partial charge on any atom is -0.481 e. The number of ether oxygens (including phenoxy) is 1. The van der Waals surface area contributed by atoms with Crippen LogP contribution in [-0.4, -0.2) is 22.1 Å². The summed E-state index contributed by atoms with van der Waals surface area (Å²) < 4.78 is 5.12. The lowest BCUT2D eigenvalue weighted by molar-refractivity contribution is 0.398. The lowest BCUT2D eigenvalue weighted by Gasteiger charge is -2.06. The van der Waals surface area contributed by atoms with Gasteiger partial charge in [0.15, 0.2) is 5.82 Å². The molecule has 0 atom stereocenters. The number of hydrogen-bond acceptors (Lipinski definition) is 4. The van der Waals surface area contributed by atoms with Crippen molar-refractivity contribution in [2.75, 3.05) is 7.11 Å². The molecular formula is C16H12ClN3O. The number of aromatic nitrogens is 3. The number of halogens is 1. The fourth-order valence-electron chi connectivity index (χ4n) is 1.94. The Hall–Kier alpha value is -2.46. The molecule has 0 unspecified atom stereocenters. The first-order chi connectivity index (χ1) is 10.3. The summed E-state index contributed by atoms with van der Waals surface area (Å²) in [6.07, 6.45) is 0. The summed E-state index contributed by atoms with van der Waals surface area (Å²) >= 11 is 6.11. The average Bonchev–Trinajstić information content (AvgIpc) is 2.55. The highest BCUT2D eigenvalue weighted by atomic mass is 35.5. The first kappa shape index (κ1) is 13.5. The summed E-state index contributed by atoms with van der Waals surface area (Å²) in [6, 6.07) is 17.0. The monoisotopic (exact) mass is 297 g/mol. The molecule has 3 rings (SSSR count). The summed E-state index contributed by atoms with van der Waals surface area (Å²) in [7, 11) is 1.57. The maximum absolute atomic E-state index is 6.11. The zero-order chi connectivity index (χ0) is 14.7. The number of pyridine rings is 1. The van der Waals surface area contributed by atoms with Crippen molar-refractivity contribution in [1.29, 1.82) is 0 Å². The molecule has 2 heterocycles. The summed E-state index contributed by atoms with van der Waals surface area (Å²) in [5.74, 6) is 0.984. The second kappa shape index (κ2) is 5.89. The van der Waals surface area contributed by atoms with Gasteiger partial charge >= 0.3 is 0 Å². The van der Waals surface area contributed by atoms with Crippen LogP contribution < -0.4 is 4.74 Å². The van der Waals surface area contributed by atoms with E-state index >= 15 is 0 Å². The van der Waals surface area contributed by atoms with Crippen LogP contribution in [-0.2, 0) is 0 Å². The van der Waals surface area contributed by atoms with Crippen LogP contribution in [0, 0.1) is 0 Å². The molecule has 0 saturated heterocycles. The highest BCUT2D eigenvalue weighted by molar-refractivity contribution is 6.29. The standard InChI is InChI=1S/C16H12ClN3O/c1-21-15-9-5-8-12(18-15)16-19-13(10-14(17)20-16)11-6-3-2-4-7-11/h2-10H,1H3. The Morgan fingerprint density at radius 2 is 1.67 bits per heavy atom. The first-order valence-corrected chi connectivity index (χ1v) is 6.75. The molecule has 0 bridgehead atoms. The smallest absolute Gasteiger partial charge is 0.213 e. The Labute approximate surface area is 127 Å². The van der Waals surface area contributed by atoms with E-state index in [4.69, 9.17) is 16.3 Å². The summed E-state index contributed by atoms with van der Waals surface area (Å²) in [4.78, 5) is 13.1. The van der Waals surface area contributed by atoms with Crippen molar-refractivity contribution in [2.45, 2.75) is 0 Å². The zero-order valence-electron chi connectivity index (χ0n) is 11.3. The largest absolute Gasteiger partial charge is 0.481 e. The van der Waals surface area contributed by atoms with Gasteiger partial charge in [0.2, 0.25) is 5.88 Å². The van der Waals surface area contributed by atoms with E-state index in [0.29, 0.717) is 22.6 Å². The third-order valence-electron chi connectivity index (χ3n) is 2.93. The van der Waals surface area contributed by atoms with E-state index in [1.165, 1.54) is 0 Å². The van der Waals surface area contributed by atoms with Crippen molar-refractivity contribution in [3.05, 3.63) is 59.8 Å². The molecular weight excluding hydrogens is 286 g/mol. The second-order valence-corrected chi connectivity index (χ2v) is 4.72. The van der Waals surface area contributed by atoms with Crippen LogP contribution in [0.3, 0.4) is 0 Å². The summed E-state index contributed by atoms with van der Waals surface area (Å²) in [5.41, 5.74) is 2.36. The molecule has 0 fully saturated rings. The Bertz CT molecular complexity index is 762. The van der Waals surface area contributed by atoms with E-state index in [0.717, 1.165) is 11.3 Å². The van der Waals surface area contributed by atoms with Crippen molar-refractivity contribution in [3.8, 4) is 28.7 Å². The van der Waals surface area contributed by atoms with Gasteiger partial charge in [0.25, 0.3) is 0 Å². The number of nitrogens with zero attached hydrogens (tertiary/aromatic N) is 3. The molecule has 0 radical (unpaired) electrons. The fraction of sp³-hybridized carbons (Fsp3) is 0.0625. The third kappa shape index (κ3) is 3.01. The fourth-order valence-corrected chi connectivity index (χ4v) is 2.13. The molecule has 3 aromatic rings. The molecule has 0 amide bonds. The SMILES string of the molecule is COc1cccc(-c2nc(Cl)cc(-c3ccccc3)n2)n1. The molecule has 1 aromatic carbocycles. The van der Waals surface area contributed by atoms with E-state index in [9.17, 15) is 0 Å². The lowest BCUT2D eigenvalue weighted by Crippen LogP contribution is -1.96. The van der Waals surface area contributed by atoms with Gasteiger partial charge in [0.1, 0.15) is 10.8 Å². The Morgan fingerprint density at radius 1 is 0.857 bits per heavy atom. The van der Waals surface area contributed by atoms with Crippen molar-refractivity contribution >= 4 is 11.6 Å². The Kier molecular flexibility index (Phi) is 3.79. The van der Waals surface area contributed by atoms with Crippen LogP contribution in [0.2, 0.25) is 5.15 Å². The maximum Gasteiger partial charge on any atom is 0.213 e. The van der Waals surface area contributed by atoms with Gasteiger partial charge < -0.3 is 4.74 Å². The molecule has 104 valence electrons. The summed E-state index contributed by atoms with van der Waals surface area (Å²) in [6.45, 7) is 0. The maximum atomic E-state index is 6.11. The van der Waals surface area contributed by atoms with Crippen LogP contribution in [0.5, 0.6) is 5.88 Å². The molecule has 0 aliphatic heterocycles. The zero-order valence-corrected chi connectivity index (χ0v) is 12.1. The van der Waals surface area contributed by atoms with E-state index < -0.39 is 0 Å². The van der Waals surface area contributed by atoms with Crippen molar-refractivity contribution in [1.82, 2.24) is 15.0 Å². The van der Waals surface area contributed by atoms with Crippen molar-refractivity contribution < 1.29 is 4.74 Å². The third-order valence-corrected chi connectivity index (χ3v) is 3.12. The van der Waals surface area contributed by atoms with E-state index in [1.54, 1.807) is 19.2 Å². The van der Waals surface area contributed by atoms with Gasteiger partial charge in [-0.15, -0.1) is 0 Å². The predicted molar refractivity (Wildman–Crippen MR) is 82.3 cm³/mol. The number of methoxy groups -OCH3 is 1. The molecule has 2 aromatic heterocycles. The van der Waals surface area contributed by atoms with Crippen molar-refractivity contribution in [3.63, 3.8) is 0 Å². The Balaban J connectivity index is 2.09. The molecule has 0 N–H and O–H groups in total. The first-order valence-electron chi connectivity index (χ1n) is 6.38. The molecule has 0 spiro atoms. The molecule has 5 heteroatoms. The lowest BCUT2D eigenvalue weighted by atomic mass is 10.1. The van der Waals surface area contributed by atoms with Crippen LogP contribution in [0.4, 0.5) is 0 Å². The normalized spacial score (nSPS) is 10.4. The quantitative estimate of drug-likeness (QED) is 0.689. The van der Waals surface area contributed by atoms with Crippen LogP contribution in [0.25, 0.3) is 22.8 Å². The van der Waals surface area contributed by atoms with Crippen LogP contribution in [0.15, 0.2) is 54.6 Å². The molecule has 0 aliphatic rings. The van der Waals surface area contributed by atoms with Gasteiger partial charge in [0, 0.05) is 17.7 Å². The summed E-state index contributed by atoms with van der Waals surface area (Å²) in [5, 5.41) is 0.378. The van der Waals surface area contributed by atoms with Gasteiger partial charge in [-0.1, -0.05) is 48.0 Å². The van der Waals surface area contributed by atoms with Gasteiger partial charge in [0.05, 0.1) is 12.8 Å². The van der Waals surface area contributed by atoms with E-state index in [1.807, 2.05) is 42.5 Å². The van der Waals surface area contributed by atoms with Crippen molar-refractivity contribution in [2.24, 2.45) is 0 Å². The number of benzene rings is 1. The topological polar surface area (TPSA) is 47.9 Å². The second-order valence-electron chi connectivity index (χ2n) is 4.33. The predicted octanol–water partition coefficient (Wildman–Crippen LogP) is 3.87. The van der Waals surface area contributed by atoms with Gasteiger partial charge in [-0.3, -0.25) is 0 Å². The molecule has 0 saturated carbocycles. The van der Waals surface area contributed by atoms with Gasteiger partial charge in [-0.05, 0) is 6.07 Å². The minimum atomic E-state index is 0.378. The highest BCUT2D eigenvalue weighted by Gasteiger charge is 2.09. The number of rotatable bonds is 3. The minimum absolute atomic E-state index is 0.378. The highest BCUT2D eigenvalue weighted by Crippen LogP contribution is 2.24. The van der Waals surface area contributed by atoms with Crippen LogP contribution in [0.1, 0.15) is 0 Å². The molecule has 4 nitrogen and oxygen atoms in total. The number of hydrogen-bond donors (Lipinski definition) is 0. The molecule has 21 heavy (non-hydrogen) atoms.